The predicted molar refractivity (Wildman–Crippen MR) is 98.5 cm³/mol. The lowest BCUT2D eigenvalue weighted by Crippen LogP contribution is -2.48. The Morgan fingerprint density at radius 1 is 1.12 bits per heavy atom. The van der Waals surface area contributed by atoms with Gasteiger partial charge in [-0.05, 0) is 45.4 Å². The van der Waals surface area contributed by atoms with E-state index in [0.29, 0.717) is 24.7 Å². The predicted octanol–water partition coefficient (Wildman–Crippen LogP) is 1.44. The number of rotatable bonds is 6. The van der Waals surface area contributed by atoms with E-state index in [9.17, 15) is 9.59 Å². The first-order chi connectivity index (χ1) is 11.7. The number of hydrogen-bond donors (Lipinski definition) is 3. The van der Waals surface area contributed by atoms with Gasteiger partial charge < -0.3 is 20.7 Å². The van der Waals surface area contributed by atoms with Crippen molar-refractivity contribution in [1.29, 1.82) is 0 Å². The van der Waals surface area contributed by atoms with Gasteiger partial charge in [-0.25, -0.2) is 4.79 Å². The summed E-state index contributed by atoms with van der Waals surface area (Å²) in [5.41, 5.74) is 1.23. The van der Waals surface area contributed by atoms with Crippen molar-refractivity contribution in [3.05, 3.63) is 35.4 Å². The van der Waals surface area contributed by atoms with Crippen molar-refractivity contribution in [3.63, 3.8) is 0 Å². The van der Waals surface area contributed by atoms with Crippen LogP contribution < -0.4 is 16.0 Å². The average molecular weight is 348 g/mol. The Labute approximate surface area is 149 Å². The molecule has 25 heavy (non-hydrogen) atoms. The maximum atomic E-state index is 11.8. The molecule has 7 heteroatoms. The van der Waals surface area contributed by atoms with Crippen LogP contribution in [-0.4, -0.2) is 43.6 Å². The van der Waals surface area contributed by atoms with Crippen molar-refractivity contribution >= 4 is 17.8 Å². The van der Waals surface area contributed by atoms with Crippen molar-refractivity contribution in [2.45, 2.75) is 39.8 Å². The van der Waals surface area contributed by atoms with Crippen LogP contribution in [0.1, 0.15) is 43.6 Å². The minimum absolute atomic E-state index is 0.103. The number of amides is 1. The van der Waals surface area contributed by atoms with Crippen molar-refractivity contribution in [2.75, 3.05) is 20.2 Å². The number of carbonyl (C=O) groups is 2. The van der Waals surface area contributed by atoms with Crippen molar-refractivity contribution in [1.82, 2.24) is 16.0 Å². The molecular weight excluding hydrogens is 320 g/mol. The van der Waals surface area contributed by atoms with Crippen LogP contribution >= 0.6 is 0 Å². The van der Waals surface area contributed by atoms with Gasteiger partial charge in [0.15, 0.2) is 5.96 Å². The lowest BCUT2D eigenvalue weighted by molar-refractivity contribution is -0.121. The van der Waals surface area contributed by atoms with E-state index in [1.165, 1.54) is 0 Å². The standard InChI is InChI=1S/C18H28N4O3/c1-6-25-16(24)14-9-7-13(8-10-14)11-20-17(19-5)21-12-15(23)22-18(2,3)4/h7-10H,6,11-12H2,1-5H3,(H,22,23)(H2,19,20,21). The van der Waals surface area contributed by atoms with Crippen molar-refractivity contribution < 1.29 is 14.3 Å². The number of hydrogen-bond acceptors (Lipinski definition) is 4. The fourth-order valence-electron chi connectivity index (χ4n) is 2.01. The summed E-state index contributed by atoms with van der Waals surface area (Å²) in [5.74, 6) is 0.0946. The van der Waals surface area contributed by atoms with Crippen LogP contribution in [0.4, 0.5) is 0 Å². The minimum Gasteiger partial charge on any atom is -0.462 e. The summed E-state index contributed by atoms with van der Waals surface area (Å²) in [6, 6.07) is 7.14. The third-order valence-corrected chi connectivity index (χ3v) is 3.08. The summed E-state index contributed by atoms with van der Waals surface area (Å²) in [7, 11) is 1.64. The number of nitrogens with zero attached hydrogens (tertiary/aromatic N) is 1. The molecule has 0 bridgehead atoms. The molecule has 0 saturated carbocycles. The van der Waals surface area contributed by atoms with Gasteiger partial charge in [0.25, 0.3) is 0 Å². The molecule has 138 valence electrons. The second kappa shape index (κ2) is 9.66. The van der Waals surface area contributed by atoms with E-state index in [1.54, 1.807) is 26.1 Å². The van der Waals surface area contributed by atoms with Gasteiger partial charge >= 0.3 is 5.97 Å². The Bertz CT molecular complexity index is 604. The van der Waals surface area contributed by atoms with Crippen LogP contribution in [0, 0.1) is 0 Å². The third-order valence-electron chi connectivity index (χ3n) is 3.08. The summed E-state index contributed by atoms with van der Waals surface area (Å²) in [4.78, 5) is 27.5. The molecule has 0 aliphatic heterocycles. The van der Waals surface area contributed by atoms with E-state index in [-0.39, 0.29) is 24.0 Å². The molecule has 7 nitrogen and oxygen atoms in total. The molecule has 0 spiro atoms. The zero-order chi connectivity index (χ0) is 18.9. The molecule has 0 radical (unpaired) electrons. The van der Waals surface area contributed by atoms with Crippen LogP contribution in [0.2, 0.25) is 0 Å². The maximum Gasteiger partial charge on any atom is 0.338 e. The lowest BCUT2D eigenvalue weighted by atomic mass is 10.1. The van der Waals surface area contributed by atoms with E-state index in [4.69, 9.17) is 4.74 Å². The number of aliphatic imine (C=N–C) groups is 1. The van der Waals surface area contributed by atoms with E-state index in [2.05, 4.69) is 20.9 Å². The zero-order valence-electron chi connectivity index (χ0n) is 15.6. The largest absolute Gasteiger partial charge is 0.462 e. The first-order valence-electron chi connectivity index (χ1n) is 8.26. The molecule has 0 aliphatic carbocycles. The Hall–Kier alpha value is -2.57. The third kappa shape index (κ3) is 8.19. The Balaban J connectivity index is 2.47. The lowest BCUT2D eigenvalue weighted by Gasteiger charge is -2.21. The zero-order valence-corrected chi connectivity index (χ0v) is 15.6. The average Bonchev–Trinajstić information content (AvgIpc) is 2.54. The fourth-order valence-corrected chi connectivity index (χ4v) is 2.01. The fraction of sp³-hybridized carbons (Fsp3) is 0.500. The number of esters is 1. The minimum atomic E-state index is -0.329. The second-order valence-electron chi connectivity index (χ2n) is 6.49. The summed E-state index contributed by atoms with van der Waals surface area (Å²) in [6.45, 7) is 8.57. The van der Waals surface area contributed by atoms with Crippen LogP contribution in [-0.2, 0) is 16.1 Å². The van der Waals surface area contributed by atoms with Gasteiger partial charge in [-0.2, -0.15) is 0 Å². The molecule has 0 fully saturated rings. The number of guanidine groups is 1. The number of benzene rings is 1. The van der Waals surface area contributed by atoms with Crippen molar-refractivity contribution in [2.24, 2.45) is 4.99 Å². The SMILES string of the molecule is CCOC(=O)c1ccc(CNC(=NC)NCC(=O)NC(C)(C)C)cc1. The van der Waals surface area contributed by atoms with Gasteiger partial charge in [0.2, 0.25) is 5.91 Å². The van der Waals surface area contributed by atoms with E-state index in [0.717, 1.165) is 5.56 Å². The highest BCUT2D eigenvalue weighted by atomic mass is 16.5. The quantitative estimate of drug-likeness (QED) is 0.411. The highest BCUT2D eigenvalue weighted by Gasteiger charge is 2.13. The molecule has 1 aromatic carbocycles. The highest BCUT2D eigenvalue weighted by Crippen LogP contribution is 2.06. The maximum absolute atomic E-state index is 11.8. The van der Waals surface area contributed by atoms with Gasteiger partial charge in [-0.3, -0.25) is 9.79 Å². The smallest absolute Gasteiger partial charge is 0.338 e. The number of nitrogens with one attached hydrogen (secondary N) is 3. The molecule has 0 aliphatic rings. The van der Waals surface area contributed by atoms with Gasteiger partial charge in [0.05, 0.1) is 18.7 Å². The number of ether oxygens (including phenoxy) is 1. The molecule has 3 N–H and O–H groups in total. The topological polar surface area (TPSA) is 91.8 Å². The van der Waals surface area contributed by atoms with Crippen LogP contribution in [0.15, 0.2) is 29.3 Å². The van der Waals surface area contributed by atoms with Gasteiger partial charge in [-0.1, -0.05) is 12.1 Å². The summed E-state index contributed by atoms with van der Waals surface area (Å²) in [6.07, 6.45) is 0. The molecule has 1 amide bonds. The normalized spacial score (nSPS) is 11.6. The van der Waals surface area contributed by atoms with Crippen molar-refractivity contribution in [3.8, 4) is 0 Å². The molecule has 0 atom stereocenters. The van der Waals surface area contributed by atoms with Gasteiger partial charge in [-0.15, -0.1) is 0 Å². The summed E-state index contributed by atoms with van der Waals surface area (Å²) < 4.78 is 4.95. The molecule has 0 unspecified atom stereocenters. The van der Waals surface area contributed by atoms with Gasteiger partial charge in [0, 0.05) is 19.1 Å². The monoisotopic (exact) mass is 348 g/mol. The molecule has 0 aromatic heterocycles. The molecule has 1 rings (SSSR count). The van der Waals surface area contributed by atoms with Gasteiger partial charge in [0.1, 0.15) is 0 Å². The molecule has 0 saturated heterocycles. The Kier molecular flexibility index (Phi) is 7.91. The second-order valence-corrected chi connectivity index (χ2v) is 6.49. The van der Waals surface area contributed by atoms with Crippen LogP contribution in [0.5, 0.6) is 0 Å². The Morgan fingerprint density at radius 3 is 2.28 bits per heavy atom. The summed E-state index contributed by atoms with van der Waals surface area (Å²) in [5, 5.41) is 8.95. The summed E-state index contributed by atoms with van der Waals surface area (Å²) >= 11 is 0. The Morgan fingerprint density at radius 2 is 1.76 bits per heavy atom. The van der Waals surface area contributed by atoms with Crippen LogP contribution in [0.3, 0.4) is 0 Å². The van der Waals surface area contributed by atoms with E-state index in [1.807, 2.05) is 32.9 Å². The molecule has 1 aromatic rings. The molecule has 0 heterocycles. The first kappa shape index (κ1) is 20.5. The molecular formula is C18H28N4O3. The highest BCUT2D eigenvalue weighted by molar-refractivity contribution is 5.89. The van der Waals surface area contributed by atoms with E-state index >= 15 is 0 Å². The first-order valence-corrected chi connectivity index (χ1v) is 8.26. The number of carbonyl (C=O) groups excluding carboxylic acids is 2. The van der Waals surface area contributed by atoms with E-state index < -0.39 is 0 Å². The van der Waals surface area contributed by atoms with Crippen LogP contribution in [0.25, 0.3) is 0 Å².